The second-order valence-electron chi connectivity index (χ2n) is 3.87. The Labute approximate surface area is 101 Å². The van der Waals surface area contributed by atoms with Crippen molar-refractivity contribution in [1.82, 2.24) is 9.97 Å². The summed E-state index contributed by atoms with van der Waals surface area (Å²) >= 11 is 0. The molecular weight excluding hydrogens is 212 g/mol. The normalized spacial score (nSPS) is 10.2. The lowest BCUT2D eigenvalue weighted by Crippen LogP contribution is -2.00. The Hall–Kier alpha value is -2.10. The molecule has 17 heavy (non-hydrogen) atoms. The van der Waals surface area contributed by atoms with Crippen molar-refractivity contribution in [3.63, 3.8) is 0 Å². The van der Waals surface area contributed by atoms with Gasteiger partial charge in [0.1, 0.15) is 0 Å². The SMILES string of the molecule is CCCc1ccc(Nc2ncccn2)c(N)c1. The first-order chi connectivity index (χ1) is 8.29. The van der Waals surface area contributed by atoms with Crippen molar-refractivity contribution >= 4 is 17.3 Å². The van der Waals surface area contributed by atoms with E-state index in [1.54, 1.807) is 18.5 Å². The maximum absolute atomic E-state index is 5.98. The van der Waals surface area contributed by atoms with Crippen LogP contribution in [-0.4, -0.2) is 9.97 Å². The molecule has 0 atom stereocenters. The first-order valence-corrected chi connectivity index (χ1v) is 5.72. The first kappa shape index (κ1) is 11.4. The monoisotopic (exact) mass is 228 g/mol. The van der Waals surface area contributed by atoms with Gasteiger partial charge in [0.2, 0.25) is 5.95 Å². The van der Waals surface area contributed by atoms with Gasteiger partial charge >= 0.3 is 0 Å². The molecule has 88 valence electrons. The van der Waals surface area contributed by atoms with Gasteiger partial charge in [0.05, 0.1) is 11.4 Å². The predicted octanol–water partition coefficient (Wildman–Crippen LogP) is 2.75. The van der Waals surface area contributed by atoms with Gasteiger partial charge in [-0.15, -0.1) is 0 Å². The second kappa shape index (κ2) is 5.30. The number of hydrogen-bond acceptors (Lipinski definition) is 4. The molecule has 0 aliphatic rings. The van der Waals surface area contributed by atoms with E-state index in [1.807, 2.05) is 12.1 Å². The van der Waals surface area contributed by atoms with E-state index in [4.69, 9.17) is 5.73 Å². The van der Waals surface area contributed by atoms with Crippen LogP contribution in [0, 0.1) is 0 Å². The highest BCUT2D eigenvalue weighted by Crippen LogP contribution is 2.22. The molecule has 0 amide bonds. The van der Waals surface area contributed by atoms with Crippen molar-refractivity contribution in [3.05, 3.63) is 42.2 Å². The third-order valence-electron chi connectivity index (χ3n) is 2.47. The van der Waals surface area contributed by atoms with Crippen molar-refractivity contribution in [1.29, 1.82) is 0 Å². The van der Waals surface area contributed by atoms with E-state index in [0.29, 0.717) is 5.95 Å². The molecule has 1 heterocycles. The van der Waals surface area contributed by atoms with Gasteiger partial charge in [-0.3, -0.25) is 0 Å². The lowest BCUT2D eigenvalue weighted by Gasteiger charge is -2.09. The molecule has 0 bridgehead atoms. The van der Waals surface area contributed by atoms with E-state index >= 15 is 0 Å². The summed E-state index contributed by atoms with van der Waals surface area (Å²) in [5.74, 6) is 0.558. The summed E-state index contributed by atoms with van der Waals surface area (Å²) in [7, 11) is 0. The molecule has 0 radical (unpaired) electrons. The van der Waals surface area contributed by atoms with Crippen LogP contribution in [0.4, 0.5) is 17.3 Å². The Morgan fingerprint density at radius 3 is 2.65 bits per heavy atom. The van der Waals surface area contributed by atoms with E-state index in [1.165, 1.54) is 5.56 Å². The molecule has 0 saturated carbocycles. The zero-order valence-electron chi connectivity index (χ0n) is 9.85. The van der Waals surface area contributed by atoms with Gasteiger partial charge in [-0.1, -0.05) is 19.4 Å². The highest BCUT2D eigenvalue weighted by Gasteiger charge is 2.02. The number of nitrogens with one attached hydrogen (secondary N) is 1. The molecule has 2 aromatic rings. The second-order valence-corrected chi connectivity index (χ2v) is 3.87. The molecule has 3 N–H and O–H groups in total. The summed E-state index contributed by atoms with van der Waals surface area (Å²) in [5, 5.41) is 3.09. The lowest BCUT2D eigenvalue weighted by molar-refractivity contribution is 0.922. The van der Waals surface area contributed by atoms with Crippen LogP contribution < -0.4 is 11.1 Å². The Morgan fingerprint density at radius 1 is 1.24 bits per heavy atom. The largest absolute Gasteiger partial charge is 0.397 e. The highest BCUT2D eigenvalue weighted by atomic mass is 15.1. The fourth-order valence-electron chi connectivity index (χ4n) is 1.65. The van der Waals surface area contributed by atoms with E-state index in [0.717, 1.165) is 24.2 Å². The maximum atomic E-state index is 5.98. The molecule has 4 heteroatoms. The number of anilines is 3. The quantitative estimate of drug-likeness (QED) is 0.790. The number of benzene rings is 1. The highest BCUT2D eigenvalue weighted by molar-refractivity contribution is 5.70. The van der Waals surface area contributed by atoms with E-state index in [2.05, 4.69) is 28.3 Å². The number of rotatable bonds is 4. The Bertz CT molecular complexity index is 482. The Balaban J connectivity index is 2.17. The number of nitrogen functional groups attached to an aromatic ring is 1. The number of aromatic nitrogens is 2. The van der Waals surface area contributed by atoms with E-state index in [-0.39, 0.29) is 0 Å². The average molecular weight is 228 g/mol. The van der Waals surface area contributed by atoms with Crippen LogP contribution in [0.5, 0.6) is 0 Å². The fourth-order valence-corrected chi connectivity index (χ4v) is 1.65. The minimum absolute atomic E-state index is 0.558. The molecule has 0 spiro atoms. The van der Waals surface area contributed by atoms with Gasteiger partial charge in [-0.25, -0.2) is 9.97 Å². The molecule has 1 aromatic carbocycles. The molecule has 4 nitrogen and oxygen atoms in total. The van der Waals surface area contributed by atoms with Crippen LogP contribution in [0.2, 0.25) is 0 Å². The maximum Gasteiger partial charge on any atom is 0.227 e. The molecule has 0 aliphatic carbocycles. The summed E-state index contributed by atoms with van der Waals surface area (Å²) in [4.78, 5) is 8.19. The van der Waals surface area contributed by atoms with E-state index < -0.39 is 0 Å². The molecule has 0 fully saturated rings. The van der Waals surface area contributed by atoms with Gasteiger partial charge < -0.3 is 11.1 Å². The number of nitrogens with zero attached hydrogens (tertiary/aromatic N) is 2. The molecule has 2 rings (SSSR count). The molecule has 0 unspecified atom stereocenters. The lowest BCUT2D eigenvalue weighted by atomic mass is 10.1. The van der Waals surface area contributed by atoms with Crippen molar-refractivity contribution < 1.29 is 0 Å². The third-order valence-corrected chi connectivity index (χ3v) is 2.47. The van der Waals surface area contributed by atoms with Crippen LogP contribution in [0.25, 0.3) is 0 Å². The van der Waals surface area contributed by atoms with Gasteiger partial charge in [-0.05, 0) is 30.2 Å². The van der Waals surface area contributed by atoms with Gasteiger partial charge in [0, 0.05) is 12.4 Å². The minimum Gasteiger partial charge on any atom is -0.397 e. The van der Waals surface area contributed by atoms with Crippen molar-refractivity contribution in [3.8, 4) is 0 Å². The summed E-state index contributed by atoms with van der Waals surface area (Å²) in [5.41, 5.74) is 8.80. The Kier molecular flexibility index (Phi) is 3.55. The smallest absolute Gasteiger partial charge is 0.227 e. The average Bonchev–Trinajstić information content (AvgIpc) is 2.34. The number of aryl methyl sites for hydroxylation is 1. The van der Waals surface area contributed by atoms with Gasteiger partial charge in [0.25, 0.3) is 0 Å². The molecule has 1 aromatic heterocycles. The summed E-state index contributed by atoms with van der Waals surface area (Å²) < 4.78 is 0. The molecular formula is C13H16N4. The van der Waals surface area contributed by atoms with Crippen LogP contribution in [-0.2, 0) is 6.42 Å². The number of nitrogens with two attached hydrogens (primary N) is 1. The van der Waals surface area contributed by atoms with Crippen LogP contribution >= 0.6 is 0 Å². The topological polar surface area (TPSA) is 63.8 Å². The van der Waals surface area contributed by atoms with E-state index in [9.17, 15) is 0 Å². The fraction of sp³-hybridized carbons (Fsp3) is 0.231. The minimum atomic E-state index is 0.558. The standard InChI is InChI=1S/C13H16N4/c1-2-4-10-5-6-12(11(14)9-10)17-13-15-7-3-8-16-13/h3,5-9H,2,4,14H2,1H3,(H,15,16,17). The van der Waals surface area contributed by atoms with Gasteiger partial charge in [0.15, 0.2) is 0 Å². The third kappa shape index (κ3) is 2.93. The predicted molar refractivity (Wildman–Crippen MR) is 70.2 cm³/mol. The van der Waals surface area contributed by atoms with Crippen LogP contribution in [0.1, 0.15) is 18.9 Å². The molecule has 0 aliphatic heterocycles. The first-order valence-electron chi connectivity index (χ1n) is 5.72. The Morgan fingerprint density at radius 2 is 2.00 bits per heavy atom. The molecule has 0 saturated heterocycles. The summed E-state index contributed by atoms with van der Waals surface area (Å²) in [6.45, 7) is 2.15. The van der Waals surface area contributed by atoms with Crippen LogP contribution in [0.15, 0.2) is 36.7 Å². The van der Waals surface area contributed by atoms with Crippen molar-refractivity contribution in [2.24, 2.45) is 0 Å². The van der Waals surface area contributed by atoms with Gasteiger partial charge in [-0.2, -0.15) is 0 Å². The van der Waals surface area contributed by atoms with Crippen molar-refractivity contribution in [2.45, 2.75) is 19.8 Å². The zero-order valence-corrected chi connectivity index (χ0v) is 9.85. The van der Waals surface area contributed by atoms with Crippen molar-refractivity contribution in [2.75, 3.05) is 11.1 Å². The summed E-state index contributed by atoms with van der Waals surface area (Å²) in [6.07, 6.45) is 5.55. The zero-order chi connectivity index (χ0) is 12.1. The number of hydrogen-bond donors (Lipinski definition) is 2. The summed E-state index contributed by atoms with van der Waals surface area (Å²) in [6, 6.07) is 7.81. The van der Waals surface area contributed by atoms with Crippen LogP contribution in [0.3, 0.4) is 0 Å².